The number of aryl methyl sites for hydroxylation is 2. The molecule has 0 unspecified atom stereocenters. The van der Waals surface area contributed by atoms with E-state index in [1.165, 1.54) is 22.6 Å². The predicted octanol–water partition coefficient (Wildman–Crippen LogP) is 5.15. The normalized spacial score (nSPS) is 11.2. The van der Waals surface area contributed by atoms with Crippen molar-refractivity contribution in [3.63, 3.8) is 0 Å². The smallest absolute Gasteiger partial charge is 0.0630 e. The Morgan fingerprint density at radius 3 is 2.23 bits per heavy atom. The summed E-state index contributed by atoms with van der Waals surface area (Å²) < 4.78 is 2.26. The Morgan fingerprint density at radius 2 is 1.55 bits per heavy atom. The van der Waals surface area contributed by atoms with Gasteiger partial charge < -0.3 is 4.57 Å². The molecule has 0 radical (unpaired) electrons. The van der Waals surface area contributed by atoms with Crippen LogP contribution >= 0.6 is 0 Å². The van der Waals surface area contributed by atoms with E-state index in [-0.39, 0.29) is 0 Å². The first-order valence-electron chi connectivity index (χ1n) is 7.50. The summed E-state index contributed by atoms with van der Waals surface area (Å²) in [6.45, 7) is 6.35. The van der Waals surface area contributed by atoms with E-state index in [0.717, 1.165) is 11.3 Å². The molecule has 1 heterocycles. The zero-order chi connectivity index (χ0) is 15.5. The van der Waals surface area contributed by atoms with Gasteiger partial charge in [-0.05, 0) is 51.1 Å². The minimum Gasteiger partial charge on any atom is -0.318 e. The van der Waals surface area contributed by atoms with Gasteiger partial charge in [0.1, 0.15) is 0 Å². The van der Waals surface area contributed by atoms with Crippen molar-refractivity contribution in [3.8, 4) is 5.69 Å². The van der Waals surface area contributed by atoms with E-state index in [4.69, 9.17) is 0 Å². The summed E-state index contributed by atoms with van der Waals surface area (Å²) in [5, 5.41) is 0. The molecule has 1 aromatic heterocycles. The molecule has 0 fully saturated rings. The van der Waals surface area contributed by atoms with Crippen molar-refractivity contribution in [1.29, 1.82) is 0 Å². The van der Waals surface area contributed by atoms with Gasteiger partial charge in [-0.15, -0.1) is 0 Å². The van der Waals surface area contributed by atoms with Crippen molar-refractivity contribution in [2.75, 3.05) is 0 Å². The summed E-state index contributed by atoms with van der Waals surface area (Å²) >= 11 is 0. The molecular weight excluding hydrogens is 268 g/mol. The fourth-order valence-electron chi connectivity index (χ4n) is 2.67. The van der Waals surface area contributed by atoms with E-state index in [9.17, 15) is 0 Å². The van der Waals surface area contributed by atoms with Crippen LogP contribution < -0.4 is 0 Å². The Bertz CT molecular complexity index is 794. The molecule has 0 aliphatic heterocycles. The molecule has 0 atom stereocenters. The minimum absolute atomic E-state index is 0.982. The Morgan fingerprint density at radius 1 is 0.864 bits per heavy atom. The minimum atomic E-state index is 0.982. The van der Waals surface area contributed by atoms with E-state index in [2.05, 4.69) is 72.8 Å². The number of hydrogen-bond acceptors (Lipinski definition) is 1. The quantitative estimate of drug-likeness (QED) is 0.593. The average molecular weight is 288 g/mol. The van der Waals surface area contributed by atoms with Gasteiger partial charge in [0.25, 0.3) is 0 Å². The second kappa shape index (κ2) is 6.02. The molecule has 2 nitrogen and oxygen atoms in total. The molecule has 0 amide bonds. The van der Waals surface area contributed by atoms with Gasteiger partial charge in [-0.2, -0.15) is 0 Å². The highest BCUT2D eigenvalue weighted by molar-refractivity contribution is 5.84. The van der Waals surface area contributed by atoms with Gasteiger partial charge >= 0.3 is 0 Å². The third-order valence-electron chi connectivity index (χ3n) is 3.87. The molecule has 3 rings (SSSR count). The van der Waals surface area contributed by atoms with Gasteiger partial charge in [-0.3, -0.25) is 4.99 Å². The maximum Gasteiger partial charge on any atom is 0.0630 e. The Kier molecular flexibility index (Phi) is 3.92. The molecule has 2 heteroatoms. The third-order valence-corrected chi connectivity index (χ3v) is 3.87. The maximum absolute atomic E-state index is 4.59. The van der Waals surface area contributed by atoms with Crippen molar-refractivity contribution in [2.45, 2.75) is 20.8 Å². The van der Waals surface area contributed by atoms with E-state index >= 15 is 0 Å². The van der Waals surface area contributed by atoms with Crippen LogP contribution in [0.4, 0.5) is 5.69 Å². The van der Waals surface area contributed by atoms with Gasteiger partial charge in [0, 0.05) is 28.9 Å². The third kappa shape index (κ3) is 2.86. The van der Waals surface area contributed by atoms with Crippen LogP contribution in [-0.2, 0) is 0 Å². The highest BCUT2D eigenvalue weighted by Gasteiger charge is 2.08. The molecule has 0 aliphatic rings. The van der Waals surface area contributed by atoms with Crippen molar-refractivity contribution in [2.24, 2.45) is 4.99 Å². The van der Waals surface area contributed by atoms with Crippen LogP contribution in [0.2, 0.25) is 0 Å². The second-order valence-electron chi connectivity index (χ2n) is 5.59. The van der Waals surface area contributed by atoms with Gasteiger partial charge in [0.2, 0.25) is 0 Å². The summed E-state index contributed by atoms with van der Waals surface area (Å²) in [5.41, 5.74) is 7.00. The zero-order valence-corrected chi connectivity index (χ0v) is 13.2. The SMILES string of the molecule is Cc1ccc(N=Cc2cc(C)n(-c3ccccc3)c2C)cc1. The number of rotatable bonds is 3. The fourth-order valence-corrected chi connectivity index (χ4v) is 2.67. The van der Waals surface area contributed by atoms with Crippen LogP contribution in [0.5, 0.6) is 0 Å². The molecule has 0 bridgehead atoms. The summed E-state index contributed by atoms with van der Waals surface area (Å²) in [7, 11) is 0. The van der Waals surface area contributed by atoms with Crippen LogP contribution in [0.3, 0.4) is 0 Å². The first-order chi connectivity index (χ1) is 10.6. The van der Waals surface area contributed by atoms with Crippen LogP contribution in [0.25, 0.3) is 5.69 Å². The van der Waals surface area contributed by atoms with Gasteiger partial charge in [0.15, 0.2) is 0 Å². The predicted molar refractivity (Wildman–Crippen MR) is 93.7 cm³/mol. The van der Waals surface area contributed by atoms with E-state index < -0.39 is 0 Å². The maximum atomic E-state index is 4.59. The molecular formula is C20H20N2. The van der Waals surface area contributed by atoms with Crippen LogP contribution in [0, 0.1) is 20.8 Å². The molecule has 0 saturated heterocycles. The summed E-state index contributed by atoms with van der Waals surface area (Å²) in [6.07, 6.45) is 1.95. The lowest BCUT2D eigenvalue weighted by Crippen LogP contribution is -1.98. The van der Waals surface area contributed by atoms with Crippen LogP contribution in [0.1, 0.15) is 22.5 Å². The zero-order valence-electron chi connectivity index (χ0n) is 13.2. The van der Waals surface area contributed by atoms with E-state index in [1.807, 2.05) is 24.4 Å². The first-order valence-corrected chi connectivity index (χ1v) is 7.50. The monoisotopic (exact) mass is 288 g/mol. The second-order valence-corrected chi connectivity index (χ2v) is 5.59. The summed E-state index contributed by atoms with van der Waals surface area (Å²) in [4.78, 5) is 4.59. The van der Waals surface area contributed by atoms with Crippen molar-refractivity contribution in [3.05, 3.63) is 83.2 Å². The highest BCUT2D eigenvalue weighted by Crippen LogP contribution is 2.20. The Labute approximate surface area is 131 Å². The first kappa shape index (κ1) is 14.3. The molecule has 3 aromatic rings. The standard InChI is InChI=1S/C20H20N2/c1-15-9-11-19(12-10-15)21-14-18-13-16(2)22(17(18)3)20-7-5-4-6-8-20/h4-14H,1-3H3. The largest absolute Gasteiger partial charge is 0.318 e. The van der Waals surface area contributed by atoms with E-state index in [0.29, 0.717) is 0 Å². The van der Waals surface area contributed by atoms with Crippen molar-refractivity contribution >= 4 is 11.9 Å². The average Bonchev–Trinajstić information content (AvgIpc) is 2.82. The molecule has 110 valence electrons. The molecule has 0 N–H and O–H groups in total. The molecule has 0 aliphatic carbocycles. The number of nitrogens with zero attached hydrogens (tertiary/aromatic N) is 2. The Balaban J connectivity index is 1.94. The lowest BCUT2D eigenvalue weighted by atomic mass is 10.2. The highest BCUT2D eigenvalue weighted by atomic mass is 15.0. The lowest BCUT2D eigenvalue weighted by Gasteiger charge is -2.08. The number of aliphatic imine (C=N–C) groups is 1. The topological polar surface area (TPSA) is 17.3 Å². The van der Waals surface area contributed by atoms with Crippen molar-refractivity contribution < 1.29 is 0 Å². The Hall–Kier alpha value is -2.61. The number of hydrogen-bond donors (Lipinski definition) is 0. The van der Waals surface area contributed by atoms with Crippen LogP contribution in [-0.4, -0.2) is 10.8 Å². The van der Waals surface area contributed by atoms with Gasteiger partial charge in [-0.1, -0.05) is 35.9 Å². The number of para-hydroxylation sites is 1. The summed E-state index contributed by atoms with van der Waals surface area (Å²) in [5.74, 6) is 0. The molecule has 2 aromatic carbocycles. The van der Waals surface area contributed by atoms with Gasteiger partial charge in [-0.25, -0.2) is 0 Å². The van der Waals surface area contributed by atoms with Crippen LogP contribution in [0.15, 0.2) is 65.7 Å². The molecule has 0 spiro atoms. The summed E-state index contributed by atoms with van der Waals surface area (Å²) in [6, 6.07) is 20.9. The number of benzene rings is 2. The molecule has 22 heavy (non-hydrogen) atoms. The number of aromatic nitrogens is 1. The lowest BCUT2D eigenvalue weighted by molar-refractivity contribution is 0.965. The van der Waals surface area contributed by atoms with E-state index in [1.54, 1.807) is 0 Å². The van der Waals surface area contributed by atoms with Crippen molar-refractivity contribution in [1.82, 2.24) is 4.57 Å². The molecule has 0 saturated carbocycles. The van der Waals surface area contributed by atoms with Gasteiger partial charge in [0.05, 0.1) is 5.69 Å². The fraction of sp³-hybridized carbons (Fsp3) is 0.150.